The number of ether oxygens (including phenoxy) is 1. The lowest BCUT2D eigenvalue weighted by molar-refractivity contribution is -0.133. The van der Waals surface area contributed by atoms with E-state index in [1.807, 2.05) is 0 Å². The van der Waals surface area contributed by atoms with Crippen molar-refractivity contribution in [1.29, 1.82) is 0 Å². The van der Waals surface area contributed by atoms with Gasteiger partial charge in [-0.05, 0) is 6.92 Å². The molecule has 5 heteroatoms. The van der Waals surface area contributed by atoms with Gasteiger partial charge < -0.3 is 4.74 Å². The first-order valence-corrected chi connectivity index (χ1v) is 3.90. The third kappa shape index (κ3) is 2.29. The number of esters is 1. The van der Waals surface area contributed by atoms with Gasteiger partial charge in [-0.1, -0.05) is 6.58 Å². The van der Waals surface area contributed by atoms with Crippen LogP contribution in [0.3, 0.4) is 0 Å². The molecule has 1 heterocycles. The molecule has 1 rings (SSSR count). The highest BCUT2D eigenvalue weighted by atomic mass is 16.5. The Bertz CT molecular complexity index is 354. The van der Waals surface area contributed by atoms with Crippen LogP contribution in [0.4, 0.5) is 0 Å². The van der Waals surface area contributed by atoms with E-state index in [1.165, 1.54) is 6.92 Å². The molecule has 0 radical (unpaired) electrons. The maximum atomic E-state index is 11.0. The topological polar surface area (TPSA) is 72.5 Å². The van der Waals surface area contributed by atoms with Crippen LogP contribution in [0.15, 0.2) is 24.0 Å². The summed E-state index contributed by atoms with van der Waals surface area (Å²) in [5.74, 6) is -1.54. The fourth-order valence-corrected chi connectivity index (χ4v) is 0.825. The van der Waals surface area contributed by atoms with E-state index in [0.717, 1.165) is 6.26 Å². The predicted molar refractivity (Wildman–Crippen MR) is 46.8 cm³/mol. The number of amides is 2. The second-order valence-corrected chi connectivity index (χ2v) is 2.88. The molecule has 74 valence electrons. The predicted octanol–water partition coefficient (Wildman–Crippen LogP) is 0.0361. The van der Waals surface area contributed by atoms with Gasteiger partial charge in [0.05, 0.1) is 12.0 Å². The Hall–Kier alpha value is -1.91. The zero-order valence-electron chi connectivity index (χ0n) is 7.62. The molecule has 0 bridgehead atoms. The van der Waals surface area contributed by atoms with Gasteiger partial charge in [0.15, 0.2) is 0 Å². The van der Waals surface area contributed by atoms with Crippen molar-refractivity contribution in [3.8, 4) is 0 Å². The first-order valence-electron chi connectivity index (χ1n) is 3.90. The number of carbonyl (C=O) groups is 3. The molecule has 1 saturated heterocycles. The van der Waals surface area contributed by atoms with Gasteiger partial charge >= 0.3 is 5.97 Å². The van der Waals surface area contributed by atoms with E-state index in [1.54, 1.807) is 0 Å². The number of carbonyl (C=O) groups excluding carboxylic acids is 3. The number of hydrogen-bond donors (Lipinski definition) is 1. The van der Waals surface area contributed by atoms with Crippen molar-refractivity contribution in [2.45, 2.75) is 13.3 Å². The maximum absolute atomic E-state index is 11.0. The lowest BCUT2D eigenvalue weighted by Gasteiger charge is -1.97. The SMILES string of the molecule is C=C(C)C(=O)O/C=C1\CC(=O)NC1=O. The maximum Gasteiger partial charge on any atom is 0.337 e. The average molecular weight is 195 g/mol. The van der Waals surface area contributed by atoms with Crippen LogP contribution in [0.5, 0.6) is 0 Å². The summed E-state index contributed by atoms with van der Waals surface area (Å²) in [6, 6.07) is 0. The van der Waals surface area contributed by atoms with Crippen LogP contribution < -0.4 is 5.32 Å². The van der Waals surface area contributed by atoms with Gasteiger partial charge in [-0.3, -0.25) is 14.9 Å². The molecule has 0 aliphatic carbocycles. The summed E-state index contributed by atoms with van der Waals surface area (Å²) in [6.07, 6.45) is 0.930. The summed E-state index contributed by atoms with van der Waals surface area (Å²) in [5, 5.41) is 2.06. The van der Waals surface area contributed by atoms with Gasteiger partial charge in [0.1, 0.15) is 6.26 Å². The van der Waals surface area contributed by atoms with Gasteiger partial charge in [-0.15, -0.1) is 0 Å². The fourth-order valence-electron chi connectivity index (χ4n) is 0.825. The molecule has 0 atom stereocenters. The van der Waals surface area contributed by atoms with Crippen molar-refractivity contribution in [2.75, 3.05) is 0 Å². The van der Waals surface area contributed by atoms with Crippen molar-refractivity contribution < 1.29 is 19.1 Å². The molecule has 1 aliphatic rings. The largest absolute Gasteiger partial charge is 0.431 e. The number of rotatable bonds is 2. The molecule has 2 amide bonds. The van der Waals surface area contributed by atoms with Crippen LogP contribution >= 0.6 is 0 Å². The Morgan fingerprint density at radius 3 is 2.64 bits per heavy atom. The monoisotopic (exact) mass is 195 g/mol. The summed E-state index contributed by atoms with van der Waals surface area (Å²) < 4.78 is 4.59. The molecular weight excluding hydrogens is 186 g/mol. The summed E-state index contributed by atoms with van der Waals surface area (Å²) in [7, 11) is 0. The Kier molecular flexibility index (Phi) is 2.81. The van der Waals surface area contributed by atoms with Gasteiger partial charge in [-0.25, -0.2) is 4.79 Å². The highest BCUT2D eigenvalue weighted by Crippen LogP contribution is 2.09. The molecule has 1 aliphatic heterocycles. The van der Waals surface area contributed by atoms with Crippen LogP contribution in [0.25, 0.3) is 0 Å². The standard InChI is InChI=1S/C9H9NO4/c1-5(2)9(13)14-4-6-3-7(11)10-8(6)12/h4H,1,3H2,2H3,(H,10,11,12)/b6-4+. The zero-order valence-corrected chi connectivity index (χ0v) is 7.62. The summed E-state index contributed by atoms with van der Waals surface area (Å²) >= 11 is 0. The van der Waals surface area contributed by atoms with Crippen LogP contribution in [-0.2, 0) is 19.1 Å². The molecular formula is C9H9NO4. The van der Waals surface area contributed by atoms with E-state index in [0.29, 0.717) is 0 Å². The normalized spacial score (nSPS) is 18.2. The molecule has 0 spiro atoms. The summed E-state index contributed by atoms with van der Waals surface area (Å²) in [4.78, 5) is 32.6. The molecule has 0 saturated carbocycles. The van der Waals surface area contributed by atoms with E-state index >= 15 is 0 Å². The molecule has 1 N–H and O–H groups in total. The zero-order chi connectivity index (χ0) is 10.7. The number of hydrogen-bond acceptors (Lipinski definition) is 4. The Morgan fingerprint density at radius 1 is 1.57 bits per heavy atom. The number of imide groups is 1. The minimum Gasteiger partial charge on any atom is -0.431 e. The Morgan fingerprint density at radius 2 is 2.21 bits per heavy atom. The molecule has 14 heavy (non-hydrogen) atoms. The lowest BCUT2D eigenvalue weighted by Crippen LogP contribution is -2.19. The van der Waals surface area contributed by atoms with E-state index < -0.39 is 17.8 Å². The second-order valence-electron chi connectivity index (χ2n) is 2.88. The van der Waals surface area contributed by atoms with Crippen molar-refractivity contribution in [3.05, 3.63) is 24.0 Å². The van der Waals surface area contributed by atoms with E-state index in [-0.39, 0.29) is 17.6 Å². The van der Waals surface area contributed by atoms with E-state index in [4.69, 9.17) is 0 Å². The molecule has 0 unspecified atom stereocenters. The first kappa shape index (κ1) is 10.2. The summed E-state index contributed by atoms with van der Waals surface area (Å²) in [6.45, 7) is 4.85. The van der Waals surface area contributed by atoms with Crippen molar-refractivity contribution in [3.63, 3.8) is 0 Å². The molecule has 1 fully saturated rings. The van der Waals surface area contributed by atoms with E-state index in [9.17, 15) is 14.4 Å². The van der Waals surface area contributed by atoms with Crippen LogP contribution in [0.2, 0.25) is 0 Å². The molecule has 5 nitrogen and oxygen atoms in total. The molecule has 0 aromatic rings. The minimum absolute atomic E-state index is 0.0533. The third-order valence-corrected chi connectivity index (χ3v) is 1.55. The summed E-state index contributed by atoms with van der Waals surface area (Å²) in [5.41, 5.74) is 0.371. The van der Waals surface area contributed by atoms with Gasteiger partial charge in [0.2, 0.25) is 5.91 Å². The lowest BCUT2D eigenvalue weighted by atomic mass is 10.2. The third-order valence-electron chi connectivity index (χ3n) is 1.55. The smallest absolute Gasteiger partial charge is 0.337 e. The first-order chi connectivity index (χ1) is 6.50. The highest BCUT2D eigenvalue weighted by Gasteiger charge is 2.24. The van der Waals surface area contributed by atoms with E-state index in [2.05, 4.69) is 16.6 Å². The highest BCUT2D eigenvalue weighted by molar-refractivity contribution is 6.13. The van der Waals surface area contributed by atoms with Crippen LogP contribution in [0, 0.1) is 0 Å². The van der Waals surface area contributed by atoms with Crippen molar-refractivity contribution in [1.82, 2.24) is 5.32 Å². The van der Waals surface area contributed by atoms with Crippen molar-refractivity contribution in [2.24, 2.45) is 0 Å². The van der Waals surface area contributed by atoms with Gasteiger partial charge in [0.25, 0.3) is 5.91 Å². The quantitative estimate of drug-likeness (QED) is 0.292. The minimum atomic E-state index is -0.621. The molecule has 0 aromatic heterocycles. The Balaban J connectivity index is 2.62. The second kappa shape index (κ2) is 3.87. The van der Waals surface area contributed by atoms with Crippen LogP contribution in [0.1, 0.15) is 13.3 Å². The number of nitrogens with one attached hydrogen (secondary N) is 1. The van der Waals surface area contributed by atoms with Gasteiger partial charge in [0, 0.05) is 5.57 Å². The van der Waals surface area contributed by atoms with Crippen LogP contribution in [-0.4, -0.2) is 17.8 Å². The average Bonchev–Trinajstić information content (AvgIpc) is 2.40. The van der Waals surface area contributed by atoms with Crippen molar-refractivity contribution >= 4 is 17.8 Å². The molecule has 0 aromatic carbocycles. The Labute approximate surface area is 80.4 Å². The fraction of sp³-hybridized carbons (Fsp3) is 0.222. The van der Waals surface area contributed by atoms with Gasteiger partial charge in [-0.2, -0.15) is 0 Å².